The molecule has 7 nitrogen and oxygen atoms in total. The molecule has 0 bridgehead atoms. The maximum absolute atomic E-state index is 13.6. The molecular weight excluding hydrogens is 313 g/mol. The molecule has 0 aromatic carbocycles. The Morgan fingerprint density at radius 3 is 2.78 bits per heavy atom. The third-order valence-corrected chi connectivity index (χ3v) is 3.01. The second-order valence-electron chi connectivity index (χ2n) is 4.67. The van der Waals surface area contributed by atoms with Gasteiger partial charge in [0.2, 0.25) is 5.95 Å². The first-order chi connectivity index (χ1) is 10.9. The van der Waals surface area contributed by atoms with Gasteiger partial charge in [-0.2, -0.15) is 19.7 Å². The summed E-state index contributed by atoms with van der Waals surface area (Å²) in [5, 5.41) is 11.0. The van der Waals surface area contributed by atoms with Gasteiger partial charge in [-0.05, 0) is 19.9 Å². The molecule has 0 aliphatic heterocycles. The monoisotopic (exact) mass is 328 g/mol. The van der Waals surface area contributed by atoms with Gasteiger partial charge < -0.3 is 0 Å². The van der Waals surface area contributed by atoms with Gasteiger partial charge in [0.25, 0.3) is 12.3 Å². The van der Waals surface area contributed by atoms with Gasteiger partial charge >= 0.3 is 0 Å². The summed E-state index contributed by atoms with van der Waals surface area (Å²) in [4.78, 5) is 11.7. The van der Waals surface area contributed by atoms with Gasteiger partial charge in [0, 0.05) is 12.2 Å². The standard InChI is InChI=1S/C13H15F3N6O/c1-3-21-13(16)9(6-18-21)5-17-19-11(23)7-22-8(2)4-10(20-22)12(14)15/h4-6,12H,3,7H2,1-2H3,(H,19,23). The number of aromatic nitrogens is 4. The number of alkyl halides is 2. The van der Waals surface area contributed by atoms with Crippen LogP contribution >= 0.6 is 0 Å². The molecule has 0 aliphatic carbocycles. The largest absolute Gasteiger partial charge is 0.282 e. The molecule has 0 saturated carbocycles. The van der Waals surface area contributed by atoms with Crippen molar-refractivity contribution < 1.29 is 18.0 Å². The molecule has 1 N–H and O–H groups in total. The first-order valence-electron chi connectivity index (χ1n) is 6.78. The van der Waals surface area contributed by atoms with Crippen LogP contribution in [0.15, 0.2) is 17.4 Å². The quantitative estimate of drug-likeness (QED) is 0.647. The lowest BCUT2D eigenvalue weighted by Crippen LogP contribution is -2.24. The summed E-state index contributed by atoms with van der Waals surface area (Å²) >= 11 is 0. The summed E-state index contributed by atoms with van der Waals surface area (Å²) in [7, 11) is 0. The number of nitrogens with one attached hydrogen (secondary N) is 1. The van der Waals surface area contributed by atoms with Crippen LogP contribution in [0.3, 0.4) is 0 Å². The van der Waals surface area contributed by atoms with Gasteiger partial charge in [-0.1, -0.05) is 0 Å². The van der Waals surface area contributed by atoms with E-state index in [9.17, 15) is 18.0 Å². The first-order valence-corrected chi connectivity index (χ1v) is 6.78. The fraction of sp³-hybridized carbons (Fsp3) is 0.385. The summed E-state index contributed by atoms with van der Waals surface area (Å²) in [6.45, 7) is 3.40. The Kier molecular flexibility index (Phi) is 5.14. The summed E-state index contributed by atoms with van der Waals surface area (Å²) in [6.07, 6.45) is -0.303. The number of nitrogens with zero attached hydrogens (tertiary/aromatic N) is 5. The van der Waals surface area contributed by atoms with E-state index in [0.29, 0.717) is 12.2 Å². The number of carbonyl (C=O) groups is 1. The number of rotatable bonds is 6. The van der Waals surface area contributed by atoms with E-state index in [0.717, 1.165) is 15.6 Å². The molecule has 10 heteroatoms. The SMILES string of the molecule is CCn1ncc(C=NNC(=O)Cn2nc(C(F)F)cc2C)c1F. The van der Waals surface area contributed by atoms with E-state index in [2.05, 4.69) is 20.7 Å². The number of halogens is 3. The van der Waals surface area contributed by atoms with Crippen LogP contribution in [0.2, 0.25) is 0 Å². The van der Waals surface area contributed by atoms with Crippen LogP contribution in [0.25, 0.3) is 0 Å². The molecule has 23 heavy (non-hydrogen) atoms. The van der Waals surface area contributed by atoms with E-state index in [-0.39, 0.29) is 12.1 Å². The first kappa shape index (κ1) is 16.7. The zero-order chi connectivity index (χ0) is 17.0. The lowest BCUT2D eigenvalue weighted by atomic mass is 10.4. The summed E-state index contributed by atoms with van der Waals surface area (Å²) < 4.78 is 41.0. The number of hydrogen-bond acceptors (Lipinski definition) is 4. The second-order valence-corrected chi connectivity index (χ2v) is 4.67. The molecule has 0 fully saturated rings. The molecule has 0 unspecified atom stereocenters. The zero-order valence-corrected chi connectivity index (χ0v) is 12.5. The maximum Gasteiger partial charge on any atom is 0.282 e. The van der Waals surface area contributed by atoms with Crippen molar-refractivity contribution in [1.82, 2.24) is 25.0 Å². The van der Waals surface area contributed by atoms with Gasteiger partial charge in [0.1, 0.15) is 12.2 Å². The van der Waals surface area contributed by atoms with Gasteiger partial charge in [-0.3, -0.25) is 9.48 Å². The number of carbonyl (C=O) groups excluding carboxylic acids is 1. The topological polar surface area (TPSA) is 77.1 Å². The van der Waals surface area contributed by atoms with Crippen molar-refractivity contribution in [2.45, 2.75) is 33.4 Å². The molecule has 0 atom stereocenters. The van der Waals surface area contributed by atoms with E-state index >= 15 is 0 Å². The van der Waals surface area contributed by atoms with Crippen molar-refractivity contribution in [3.63, 3.8) is 0 Å². The average molecular weight is 328 g/mol. The molecule has 2 rings (SSSR count). The molecule has 0 radical (unpaired) electrons. The summed E-state index contributed by atoms with van der Waals surface area (Å²) in [5.41, 5.74) is 2.34. The molecule has 2 aromatic rings. The zero-order valence-electron chi connectivity index (χ0n) is 12.5. The third-order valence-electron chi connectivity index (χ3n) is 3.01. The predicted octanol–water partition coefficient (Wildman–Crippen LogP) is 1.63. The Hall–Kier alpha value is -2.65. The van der Waals surface area contributed by atoms with E-state index in [4.69, 9.17) is 0 Å². The highest BCUT2D eigenvalue weighted by Gasteiger charge is 2.15. The van der Waals surface area contributed by atoms with Crippen molar-refractivity contribution in [2.75, 3.05) is 0 Å². The van der Waals surface area contributed by atoms with Crippen molar-refractivity contribution in [2.24, 2.45) is 5.10 Å². The fourth-order valence-electron chi connectivity index (χ4n) is 1.84. The molecular formula is C13H15F3N6O. The second kappa shape index (κ2) is 7.07. The van der Waals surface area contributed by atoms with E-state index in [1.165, 1.54) is 12.3 Å². The number of hydrogen-bond donors (Lipinski definition) is 1. The summed E-state index contributed by atoms with van der Waals surface area (Å²) in [6, 6.07) is 1.20. The number of aryl methyl sites for hydroxylation is 2. The van der Waals surface area contributed by atoms with Crippen molar-refractivity contribution in [3.05, 3.63) is 35.2 Å². The van der Waals surface area contributed by atoms with Gasteiger partial charge in [0.05, 0.1) is 18.0 Å². The van der Waals surface area contributed by atoms with Crippen LogP contribution in [0, 0.1) is 12.9 Å². The van der Waals surface area contributed by atoms with E-state index in [1.807, 2.05) is 0 Å². The van der Waals surface area contributed by atoms with E-state index < -0.39 is 24.0 Å². The van der Waals surface area contributed by atoms with Gasteiger partial charge in [-0.15, -0.1) is 0 Å². The Morgan fingerprint density at radius 1 is 1.48 bits per heavy atom. The van der Waals surface area contributed by atoms with Crippen molar-refractivity contribution >= 4 is 12.1 Å². The number of amides is 1. The minimum absolute atomic E-state index is 0.127. The van der Waals surface area contributed by atoms with Gasteiger partial charge in [0.15, 0.2) is 0 Å². The van der Waals surface area contributed by atoms with Crippen LogP contribution in [0.4, 0.5) is 13.2 Å². The van der Waals surface area contributed by atoms with Crippen LogP contribution in [-0.4, -0.2) is 31.7 Å². The minimum atomic E-state index is -2.70. The van der Waals surface area contributed by atoms with Crippen LogP contribution in [0.1, 0.15) is 30.3 Å². The lowest BCUT2D eigenvalue weighted by Gasteiger charge is -2.02. The molecule has 0 spiro atoms. The van der Waals surface area contributed by atoms with Crippen LogP contribution in [-0.2, 0) is 17.9 Å². The lowest BCUT2D eigenvalue weighted by molar-refractivity contribution is -0.121. The number of hydrazone groups is 1. The van der Waals surface area contributed by atoms with E-state index in [1.54, 1.807) is 13.8 Å². The highest BCUT2D eigenvalue weighted by atomic mass is 19.3. The molecule has 2 aromatic heterocycles. The van der Waals surface area contributed by atoms with Gasteiger partial charge in [-0.25, -0.2) is 18.9 Å². The molecule has 0 aliphatic rings. The molecule has 2 heterocycles. The normalized spacial score (nSPS) is 11.6. The van der Waals surface area contributed by atoms with Crippen molar-refractivity contribution in [1.29, 1.82) is 0 Å². The summed E-state index contributed by atoms with van der Waals surface area (Å²) in [5.74, 6) is -1.13. The highest BCUT2D eigenvalue weighted by molar-refractivity contribution is 5.82. The van der Waals surface area contributed by atoms with Crippen molar-refractivity contribution in [3.8, 4) is 0 Å². The van der Waals surface area contributed by atoms with Crippen LogP contribution in [0.5, 0.6) is 0 Å². The fourth-order valence-corrected chi connectivity index (χ4v) is 1.84. The predicted molar refractivity (Wildman–Crippen MR) is 75.5 cm³/mol. The minimum Gasteiger partial charge on any atom is -0.271 e. The Morgan fingerprint density at radius 2 is 2.22 bits per heavy atom. The highest BCUT2D eigenvalue weighted by Crippen LogP contribution is 2.17. The molecule has 124 valence electrons. The molecule has 0 saturated heterocycles. The molecule has 1 amide bonds. The Balaban J connectivity index is 1.94. The Bertz CT molecular complexity index is 721. The van der Waals surface area contributed by atoms with Crippen LogP contribution < -0.4 is 5.43 Å². The third kappa shape index (κ3) is 3.96. The maximum atomic E-state index is 13.6. The smallest absolute Gasteiger partial charge is 0.271 e. The Labute approximate surface area is 129 Å². The average Bonchev–Trinajstić information content (AvgIpc) is 3.03.